The maximum atomic E-state index is 12.2. The van der Waals surface area contributed by atoms with Gasteiger partial charge in [-0.3, -0.25) is 4.68 Å². The number of aromatic amines is 1. The number of carbonyl (C=O) groups excluding carboxylic acids is 1. The highest BCUT2D eigenvalue weighted by Gasteiger charge is 2.16. The van der Waals surface area contributed by atoms with E-state index in [-0.39, 0.29) is 12.1 Å². The first kappa shape index (κ1) is 14.8. The van der Waals surface area contributed by atoms with Crippen molar-refractivity contribution in [2.24, 2.45) is 0 Å². The summed E-state index contributed by atoms with van der Waals surface area (Å²) in [5.41, 5.74) is 2.39. The third-order valence-corrected chi connectivity index (χ3v) is 4.14. The Morgan fingerprint density at radius 1 is 1.38 bits per heavy atom. The molecule has 3 heterocycles. The van der Waals surface area contributed by atoms with Gasteiger partial charge in [0.1, 0.15) is 0 Å². The van der Waals surface area contributed by atoms with Gasteiger partial charge in [0.2, 0.25) is 0 Å². The van der Waals surface area contributed by atoms with Gasteiger partial charge < -0.3 is 20.4 Å². The molecule has 0 radical (unpaired) electrons. The number of rotatable bonds is 4. The van der Waals surface area contributed by atoms with Gasteiger partial charge >= 0.3 is 6.03 Å². The summed E-state index contributed by atoms with van der Waals surface area (Å²) in [6, 6.07) is 7.52. The number of H-pyrrole nitrogens is 1. The van der Waals surface area contributed by atoms with Crippen LogP contribution in [0.2, 0.25) is 0 Å². The highest BCUT2D eigenvalue weighted by Crippen LogP contribution is 2.22. The van der Waals surface area contributed by atoms with Crippen molar-refractivity contribution in [3.8, 4) is 0 Å². The molecule has 1 aromatic carbocycles. The number of aromatic nitrogens is 3. The van der Waals surface area contributed by atoms with Gasteiger partial charge in [-0.15, -0.1) is 0 Å². The SMILES string of the molecule is O=C(Nc1cnn(CC2CCCO2)c1)Nc1c[nH]c2ccccc12. The van der Waals surface area contributed by atoms with Crippen molar-refractivity contribution in [3.05, 3.63) is 42.9 Å². The number of amides is 2. The van der Waals surface area contributed by atoms with Crippen LogP contribution in [0.1, 0.15) is 12.8 Å². The zero-order valence-electron chi connectivity index (χ0n) is 13.2. The van der Waals surface area contributed by atoms with Crippen molar-refractivity contribution in [1.29, 1.82) is 0 Å². The summed E-state index contributed by atoms with van der Waals surface area (Å²) in [6.45, 7) is 1.54. The molecule has 7 heteroatoms. The smallest absolute Gasteiger partial charge is 0.323 e. The van der Waals surface area contributed by atoms with E-state index in [1.807, 2.05) is 30.5 Å². The molecule has 124 valence electrons. The molecule has 1 aliphatic heterocycles. The number of nitrogens with zero attached hydrogens (tertiary/aromatic N) is 2. The third kappa shape index (κ3) is 3.11. The molecule has 1 aliphatic rings. The average molecular weight is 325 g/mol. The first-order valence-electron chi connectivity index (χ1n) is 8.06. The lowest BCUT2D eigenvalue weighted by molar-refractivity contribution is 0.0940. The second-order valence-electron chi connectivity index (χ2n) is 5.91. The molecule has 0 spiro atoms. The number of nitrogens with one attached hydrogen (secondary N) is 3. The van der Waals surface area contributed by atoms with Crippen LogP contribution >= 0.6 is 0 Å². The molecule has 0 saturated carbocycles. The standard InChI is InChI=1S/C17H19N5O2/c23-17(21-16-9-18-15-6-2-1-5-14(15)16)20-12-8-19-22(10-12)11-13-4-3-7-24-13/h1-2,5-6,8-10,13,18H,3-4,7,11H2,(H2,20,21,23). The summed E-state index contributed by atoms with van der Waals surface area (Å²) in [5, 5.41) is 10.9. The Bertz CT molecular complexity index is 847. The van der Waals surface area contributed by atoms with E-state index >= 15 is 0 Å². The van der Waals surface area contributed by atoms with Gasteiger partial charge in [0.15, 0.2) is 0 Å². The number of para-hydroxylation sites is 1. The van der Waals surface area contributed by atoms with Crippen molar-refractivity contribution >= 4 is 28.3 Å². The minimum atomic E-state index is -0.295. The van der Waals surface area contributed by atoms with Crippen LogP contribution in [0.3, 0.4) is 0 Å². The van der Waals surface area contributed by atoms with Gasteiger partial charge in [0.25, 0.3) is 0 Å². The summed E-state index contributed by atoms with van der Waals surface area (Å²) in [4.78, 5) is 15.3. The molecule has 3 N–H and O–H groups in total. The zero-order chi connectivity index (χ0) is 16.4. The molecule has 24 heavy (non-hydrogen) atoms. The van der Waals surface area contributed by atoms with E-state index in [0.29, 0.717) is 12.2 Å². The number of fused-ring (bicyclic) bond motifs is 1. The Kier molecular flexibility index (Phi) is 3.92. The monoisotopic (exact) mass is 325 g/mol. The molecule has 1 unspecified atom stereocenters. The van der Waals surface area contributed by atoms with Crippen LogP contribution in [-0.2, 0) is 11.3 Å². The molecule has 2 amide bonds. The molecular formula is C17H19N5O2. The quantitative estimate of drug-likeness (QED) is 0.689. The molecular weight excluding hydrogens is 306 g/mol. The predicted molar refractivity (Wildman–Crippen MR) is 92.1 cm³/mol. The maximum Gasteiger partial charge on any atom is 0.323 e. The topological polar surface area (TPSA) is 84.0 Å². The van der Waals surface area contributed by atoms with Crippen LogP contribution in [-0.4, -0.2) is 33.5 Å². The van der Waals surface area contributed by atoms with Crippen molar-refractivity contribution in [2.45, 2.75) is 25.5 Å². The maximum absolute atomic E-state index is 12.2. The molecule has 3 aromatic rings. The van der Waals surface area contributed by atoms with Crippen LogP contribution < -0.4 is 10.6 Å². The number of hydrogen-bond donors (Lipinski definition) is 3. The Balaban J connectivity index is 1.38. The summed E-state index contributed by atoms with van der Waals surface area (Å²) in [5.74, 6) is 0. The fraction of sp³-hybridized carbons (Fsp3) is 0.294. The van der Waals surface area contributed by atoms with Crippen LogP contribution in [0.4, 0.5) is 16.2 Å². The molecule has 1 saturated heterocycles. The van der Waals surface area contributed by atoms with Gasteiger partial charge in [-0.1, -0.05) is 18.2 Å². The van der Waals surface area contributed by atoms with E-state index in [2.05, 4.69) is 20.7 Å². The van der Waals surface area contributed by atoms with Gasteiger partial charge in [0.05, 0.1) is 30.2 Å². The number of urea groups is 1. The lowest BCUT2D eigenvalue weighted by Crippen LogP contribution is -2.19. The minimum absolute atomic E-state index is 0.220. The van der Waals surface area contributed by atoms with Crippen LogP contribution in [0, 0.1) is 0 Å². The number of anilines is 2. The second kappa shape index (κ2) is 6.37. The lowest BCUT2D eigenvalue weighted by atomic mass is 10.2. The van der Waals surface area contributed by atoms with Crippen molar-refractivity contribution in [3.63, 3.8) is 0 Å². The molecule has 0 bridgehead atoms. The second-order valence-corrected chi connectivity index (χ2v) is 5.91. The third-order valence-electron chi connectivity index (χ3n) is 4.14. The molecule has 4 rings (SSSR count). The van der Waals surface area contributed by atoms with E-state index in [0.717, 1.165) is 36.0 Å². The van der Waals surface area contributed by atoms with Crippen LogP contribution in [0.15, 0.2) is 42.9 Å². The number of hydrogen-bond acceptors (Lipinski definition) is 3. The highest BCUT2D eigenvalue weighted by atomic mass is 16.5. The molecule has 0 aliphatic carbocycles. The van der Waals surface area contributed by atoms with Crippen molar-refractivity contribution in [2.75, 3.05) is 17.2 Å². The number of carbonyl (C=O) groups is 1. The fourth-order valence-electron chi connectivity index (χ4n) is 2.98. The highest BCUT2D eigenvalue weighted by molar-refractivity contribution is 6.05. The Labute approximate surface area is 139 Å². The molecule has 1 fully saturated rings. The summed E-state index contributed by atoms with van der Waals surface area (Å²) in [7, 11) is 0. The van der Waals surface area contributed by atoms with Gasteiger partial charge in [-0.2, -0.15) is 5.10 Å². The normalized spacial score (nSPS) is 17.2. The molecule has 2 aromatic heterocycles. The van der Waals surface area contributed by atoms with Gasteiger partial charge in [0, 0.05) is 29.9 Å². The van der Waals surface area contributed by atoms with Crippen molar-refractivity contribution < 1.29 is 9.53 Å². The summed E-state index contributed by atoms with van der Waals surface area (Å²) in [6.07, 6.45) is 7.62. The molecule has 1 atom stereocenters. The number of benzene rings is 1. The minimum Gasteiger partial charge on any atom is -0.376 e. The Morgan fingerprint density at radius 3 is 3.17 bits per heavy atom. The van der Waals surface area contributed by atoms with Gasteiger partial charge in [-0.05, 0) is 18.9 Å². The van der Waals surface area contributed by atoms with E-state index in [4.69, 9.17) is 4.74 Å². The van der Waals surface area contributed by atoms with E-state index in [1.165, 1.54) is 0 Å². The summed E-state index contributed by atoms with van der Waals surface area (Å²) < 4.78 is 7.40. The zero-order valence-corrected chi connectivity index (χ0v) is 13.2. The predicted octanol–water partition coefficient (Wildman–Crippen LogP) is 3.19. The van der Waals surface area contributed by atoms with E-state index in [1.54, 1.807) is 17.1 Å². The first-order chi connectivity index (χ1) is 11.8. The first-order valence-corrected chi connectivity index (χ1v) is 8.06. The Morgan fingerprint density at radius 2 is 2.29 bits per heavy atom. The molecule has 7 nitrogen and oxygen atoms in total. The van der Waals surface area contributed by atoms with Crippen LogP contribution in [0.5, 0.6) is 0 Å². The van der Waals surface area contributed by atoms with Crippen LogP contribution in [0.25, 0.3) is 10.9 Å². The van der Waals surface area contributed by atoms with Crippen molar-refractivity contribution in [1.82, 2.24) is 14.8 Å². The Hall–Kier alpha value is -2.80. The largest absolute Gasteiger partial charge is 0.376 e. The van der Waals surface area contributed by atoms with E-state index < -0.39 is 0 Å². The lowest BCUT2D eigenvalue weighted by Gasteiger charge is -2.08. The summed E-state index contributed by atoms with van der Waals surface area (Å²) >= 11 is 0. The van der Waals surface area contributed by atoms with E-state index in [9.17, 15) is 4.79 Å². The fourth-order valence-corrected chi connectivity index (χ4v) is 2.98. The average Bonchev–Trinajstić information content (AvgIpc) is 3.31. The number of ether oxygens (including phenoxy) is 1. The van der Waals surface area contributed by atoms with Gasteiger partial charge in [-0.25, -0.2) is 4.79 Å².